The molecule has 1 fully saturated rings. The van der Waals surface area contributed by atoms with Crippen LogP contribution in [-0.4, -0.2) is 22.2 Å². The SMILES string of the molecule is C1CCCCCCCCCCC1.O=C(O)CCCCCCCCCCC(=O)O. The van der Waals surface area contributed by atoms with Crippen LogP contribution in [0.2, 0.25) is 0 Å². The lowest BCUT2D eigenvalue weighted by Gasteiger charge is -2.05. The zero-order valence-electron chi connectivity index (χ0n) is 18.3. The van der Waals surface area contributed by atoms with E-state index in [2.05, 4.69) is 0 Å². The van der Waals surface area contributed by atoms with Crippen LogP contribution in [0.25, 0.3) is 0 Å². The van der Waals surface area contributed by atoms with Crippen LogP contribution in [0, 0.1) is 0 Å². The summed E-state index contributed by atoms with van der Waals surface area (Å²) in [6, 6.07) is 0. The minimum absolute atomic E-state index is 0.276. The fourth-order valence-corrected chi connectivity index (χ4v) is 3.73. The third kappa shape index (κ3) is 24.9. The molecule has 166 valence electrons. The van der Waals surface area contributed by atoms with Gasteiger partial charge in [0, 0.05) is 12.8 Å². The molecule has 0 aromatic carbocycles. The summed E-state index contributed by atoms with van der Waals surface area (Å²) in [7, 11) is 0. The molecule has 28 heavy (non-hydrogen) atoms. The Kier molecular flexibility index (Phi) is 21.4. The molecule has 1 aliphatic carbocycles. The maximum Gasteiger partial charge on any atom is 0.303 e. The lowest BCUT2D eigenvalue weighted by Crippen LogP contribution is -1.94. The first-order valence-electron chi connectivity index (χ1n) is 12.1. The van der Waals surface area contributed by atoms with Crippen molar-refractivity contribution in [1.29, 1.82) is 0 Å². The largest absolute Gasteiger partial charge is 0.481 e. The normalized spacial score (nSPS) is 16.1. The van der Waals surface area contributed by atoms with Crippen molar-refractivity contribution in [2.24, 2.45) is 0 Å². The molecule has 0 spiro atoms. The van der Waals surface area contributed by atoms with Gasteiger partial charge in [-0.15, -0.1) is 0 Å². The summed E-state index contributed by atoms with van der Waals surface area (Å²) in [4.78, 5) is 20.4. The van der Waals surface area contributed by atoms with Crippen molar-refractivity contribution in [2.75, 3.05) is 0 Å². The zero-order chi connectivity index (χ0) is 20.7. The molecule has 1 aliphatic rings. The second-order valence-electron chi connectivity index (χ2n) is 8.36. The zero-order valence-corrected chi connectivity index (χ0v) is 18.3. The second kappa shape index (κ2) is 22.2. The van der Waals surface area contributed by atoms with Gasteiger partial charge in [-0.2, -0.15) is 0 Å². The Balaban J connectivity index is 0.000000540. The highest BCUT2D eigenvalue weighted by molar-refractivity contribution is 5.66. The first-order chi connectivity index (χ1) is 13.6. The molecule has 4 heteroatoms. The Morgan fingerprint density at radius 1 is 0.393 bits per heavy atom. The van der Waals surface area contributed by atoms with Gasteiger partial charge in [-0.3, -0.25) is 9.59 Å². The minimum atomic E-state index is -0.714. The molecule has 4 nitrogen and oxygen atoms in total. The lowest BCUT2D eigenvalue weighted by atomic mass is 10.0. The van der Waals surface area contributed by atoms with Crippen molar-refractivity contribution in [2.45, 2.75) is 141 Å². The third-order valence-electron chi connectivity index (χ3n) is 5.53. The van der Waals surface area contributed by atoms with E-state index in [-0.39, 0.29) is 12.8 Å². The Morgan fingerprint density at radius 2 is 0.571 bits per heavy atom. The molecule has 1 rings (SSSR count). The van der Waals surface area contributed by atoms with Gasteiger partial charge in [-0.05, 0) is 12.8 Å². The topological polar surface area (TPSA) is 74.6 Å². The summed E-state index contributed by atoms with van der Waals surface area (Å²) in [5.74, 6) is -1.43. The molecular weight excluding hydrogens is 352 g/mol. The standard InChI is InChI=1S/C12H22O4.C12H24/c13-11(14)9-7-5-3-1-2-4-6-8-10-12(15)16;1-2-4-6-8-10-12-11-9-7-5-3-1/h1-10H2,(H,13,14)(H,15,16);1-12H2. The fourth-order valence-electron chi connectivity index (χ4n) is 3.73. The number of carboxylic acid groups (broad SMARTS) is 2. The van der Waals surface area contributed by atoms with E-state index in [0.29, 0.717) is 0 Å². The van der Waals surface area contributed by atoms with Crippen LogP contribution in [0.15, 0.2) is 0 Å². The van der Waals surface area contributed by atoms with Crippen LogP contribution in [0.1, 0.15) is 141 Å². The Bertz CT molecular complexity index is 289. The Morgan fingerprint density at radius 3 is 0.750 bits per heavy atom. The molecular formula is C24H46O4. The van der Waals surface area contributed by atoms with Crippen LogP contribution < -0.4 is 0 Å². The summed E-state index contributed by atoms with van der Waals surface area (Å²) < 4.78 is 0. The quantitative estimate of drug-likeness (QED) is 0.349. The molecule has 0 atom stereocenters. The van der Waals surface area contributed by atoms with E-state index in [1.807, 2.05) is 0 Å². The Hall–Kier alpha value is -1.06. The van der Waals surface area contributed by atoms with E-state index in [0.717, 1.165) is 51.4 Å². The first-order valence-corrected chi connectivity index (χ1v) is 12.1. The number of carbonyl (C=O) groups is 2. The summed E-state index contributed by atoms with van der Waals surface area (Å²) in [6.07, 6.45) is 26.5. The van der Waals surface area contributed by atoms with E-state index in [1.165, 1.54) is 77.0 Å². The van der Waals surface area contributed by atoms with Gasteiger partial charge in [0.2, 0.25) is 0 Å². The van der Waals surface area contributed by atoms with Gasteiger partial charge < -0.3 is 10.2 Å². The van der Waals surface area contributed by atoms with Crippen molar-refractivity contribution in [3.05, 3.63) is 0 Å². The second-order valence-corrected chi connectivity index (χ2v) is 8.36. The molecule has 0 aliphatic heterocycles. The number of hydrogen-bond acceptors (Lipinski definition) is 2. The predicted molar refractivity (Wildman–Crippen MR) is 117 cm³/mol. The molecule has 0 unspecified atom stereocenters. The van der Waals surface area contributed by atoms with Crippen LogP contribution in [0.4, 0.5) is 0 Å². The van der Waals surface area contributed by atoms with E-state index >= 15 is 0 Å². The maximum atomic E-state index is 10.2. The number of rotatable bonds is 11. The molecule has 0 aromatic heterocycles. The maximum absolute atomic E-state index is 10.2. The van der Waals surface area contributed by atoms with Crippen LogP contribution in [0.3, 0.4) is 0 Å². The first kappa shape index (κ1) is 26.9. The number of carboxylic acids is 2. The van der Waals surface area contributed by atoms with Crippen molar-refractivity contribution in [3.63, 3.8) is 0 Å². The van der Waals surface area contributed by atoms with Gasteiger partial charge >= 0.3 is 11.9 Å². The molecule has 0 bridgehead atoms. The van der Waals surface area contributed by atoms with E-state index < -0.39 is 11.9 Å². The minimum Gasteiger partial charge on any atom is -0.481 e. The summed E-state index contributed by atoms with van der Waals surface area (Å²) >= 11 is 0. The lowest BCUT2D eigenvalue weighted by molar-refractivity contribution is -0.138. The highest BCUT2D eigenvalue weighted by atomic mass is 16.4. The van der Waals surface area contributed by atoms with Gasteiger partial charge in [-0.1, -0.05) is 116 Å². The molecule has 2 N–H and O–H groups in total. The average Bonchev–Trinajstić information content (AvgIpc) is 2.64. The third-order valence-corrected chi connectivity index (χ3v) is 5.53. The summed E-state index contributed by atoms with van der Waals surface area (Å²) in [5.41, 5.74) is 0. The Labute approximate surface area is 173 Å². The molecule has 0 amide bonds. The molecule has 0 radical (unpaired) electrons. The van der Waals surface area contributed by atoms with Gasteiger partial charge in [-0.25, -0.2) is 0 Å². The van der Waals surface area contributed by atoms with E-state index in [4.69, 9.17) is 10.2 Å². The van der Waals surface area contributed by atoms with Gasteiger partial charge in [0.15, 0.2) is 0 Å². The highest BCUT2D eigenvalue weighted by Gasteiger charge is 1.98. The van der Waals surface area contributed by atoms with Crippen LogP contribution in [-0.2, 0) is 9.59 Å². The van der Waals surface area contributed by atoms with Gasteiger partial charge in [0.25, 0.3) is 0 Å². The molecule has 0 aromatic rings. The van der Waals surface area contributed by atoms with Gasteiger partial charge in [0.05, 0.1) is 0 Å². The smallest absolute Gasteiger partial charge is 0.303 e. The number of aliphatic carboxylic acids is 2. The predicted octanol–water partition coefficient (Wildman–Crippen LogP) is 7.74. The monoisotopic (exact) mass is 398 g/mol. The van der Waals surface area contributed by atoms with Crippen molar-refractivity contribution in [3.8, 4) is 0 Å². The summed E-state index contributed by atoms with van der Waals surface area (Å²) in [5, 5.41) is 16.8. The van der Waals surface area contributed by atoms with E-state index in [1.54, 1.807) is 0 Å². The molecule has 1 saturated carbocycles. The number of unbranched alkanes of at least 4 members (excludes halogenated alkanes) is 7. The van der Waals surface area contributed by atoms with Crippen molar-refractivity contribution < 1.29 is 19.8 Å². The summed E-state index contributed by atoms with van der Waals surface area (Å²) in [6.45, 7) is 0. The van der Waals surface area contributed by atoms with Crippen LogP contribution in [0.5, 0.6) is 0 Å². The highest BCUT2D eigenvalue weighted by Crippen LogP contribution is 2.16. The van der Waals surface area contributed by atoms with Gasteiger partial charge in [0.1, 0.15) is 0 Å². The average molecular weight is 399 g/mol. The van der Waals surface area contributed by atoms with Crippen LogP contribution >= 0.6 is 0 Å². The fraction of sp³-hybridized carbons (Fsp3) is 0.917. The van der Waals surface area contributed by atoms with Crippen molar-refractivity contribution >= 4 is 11.9 Å². The molecule has 0 saturated heterocycles. The number of hydrogen-bond donors (Lipinski definition) is 2. The van der Waals surface area contributed by atoms with Crippen molar-refractivity contribution in [1.82, 2.24) is 0 Å². The van der Waals surface area contributed by atoms with E-state index in [9.17, 15) is 9.59 Å². The molecule has 0 heterocycles.